The second-order valence-corrected chi connectivity index (χ2v) is 9.80. The Bertz CT molecular complexity index is 1490. The van der Waals surface area contributed by atoms with Crippen molar-refractivity contribution >= 4 is 34.6 Å². The molecule has 1 aliphatic heterocycles. The summed E-state index contributed by atoms with van der Waals surface area (Å²) in [4.78, 5) is 18.9. The summed E-state index contributed by atoms with van der Waals surface area (Å²) in [6, 6.07) is 23.7. The first-order valence-electron chi connectivity index (χ1n) is 12.6. The monoisotopic (exact) mass is 541 g/mol. The van der Waals surface area contributed by atoms with Crippen LogP contribution in [0.15, 0.2) is 79.0 Å². The number of rotatable bonds is 8. The molecule has 200 valence electrons. The Morgan fingerprint density at radius 1 is 1.03 bits per heavy atom. The Morgan fingerprint density at radius 2 is 1.79 bits per heavy atom. The number of ether oxygens (including phenoxy) is 2. The average Bonchev–Trinajstić information content (AvgIpc) is 3.49. The summed E-state index contributed by atoms with van der Waals surface area (Å²) in [5, 5.41) is 7.04. The van der Waals surface area contributed by atoms with E-state index in [2.05, 4.69) is 56.3 Å². The van der Waals surface area contributed by atoms with Gasteiger partial charge in [0, 0.05) is 41.8 Å². The maximum atomic E-state index is 12.1. The molecule has 4 aromatic rings. The fourth-order valence-corrected chi connectivity index (χ4v) is 5.41. The Balaban J connectivity index is 1.61. The molecule has 5 rings (SSSR count). The fourth-order valence-electron chi connectivity index (χ4n) is 5.06. The number of carbonyl (C=O) groups is 1. The molecule has 39 heavy (non-hydrogen) atoms. The quantitative estimate of drug-likeness (QED) is 0.295. The van der Waals surface area contributed by atoms with Crippen LogP contribution >= 0.6 is 12.2 Å². The smallest absolute Gasteiger partial charge is 0.250 e. The van der Waals surface area contributed by atoms with Crippen LogP contribution in [0.2, 0.25) is 0 Å². The lowest BCUT2D eigenvalue weighted by Crippen LogP contribution is -2.30. The van der Waals surface area contributed by atoms with E-state index in [9.17, 15) is 4.79 Å². The number of hydrogen-bond acceptors (Lipinski definition) is 5. The molecule has 2 aromatic carbocycles. The predicted molar refractivity (Wildman–Crippen MR) is 157 cm³/mol. The first-order valence-corrected chi connectivity index (χ1v) is 13.0. The molecular formula is C30H31N5O3S. The van der Waals surface area contributed by atoms with E-state index in [-0.39, 0.29) is 24.6 Å². The molecule has 1 amide bonds. The number of pyridine rings is 1. The van der Waals surface area contributed by atoms with Crippen molar-refractivity contribution < 1.29 is 14.3 Å². The highest BCUT2D eigenvalue weighted by atomic mass is 32.1. The van der Waals surface area contributed by atoms with E-state index in [0.717, 1.165) is 45.5 Å². The van der Waals surface area contributed by atoms with Crippen molar-refractivity contribution in [3.8, 4) is 11.4 Å². The van der Waals surface area contributed by atoms with Crippen LogP contribution in [0.5, 0.6) is 5.75 Å². The molecule has 2 N–H and O–H groups in total. The van der Waals surface area contributed by atoms with Crippen LogP contribution in [-0.4, -0.2) is 41.4 Å². The van der Waals surface area contributed by atoms with Crippen LogP contribution in [0.3, 0.4) is 0 Å². The van der Waals surface area contributed by atoms with Crippen molar-refractivity contribution in [2.75, 3.05) is 31.0 Å². The van der Waals surface area contributed by atoms with Crippen molar-refractivity contribution in [1.29, 1.82) is 0 Å². The zero-order chi connectivity index (χ0) is 27.5. The molecule has 0 unspecified atom stereocenters. The first-order chi connectivity index (χ1) is 18.9. The number of nitrogens with zero attached hydrogens (tertiary/aromatic N) is 3. The number of aryl methyl sites for hydroxylation is 2. The van der Waals surface area contributed by atoms with Crippen molar-refractivity contribution in [2.45, 2.75) is 25.9 Å². The van der Waals surface area contributed by atoms with Gasteiger partial charge in [0.15, 0.2) is 5.11 Å². The lowest BCUT2D eigenvalue weighted by Gasteiger charge is -2.30. The molecule has 0 aliphatic carbocycles. The minimum atomic E-state index is -0.201. The molecule has 0 bridgehead atoms. The Hall–Kier alpha value is -4.21. The summed E-state index contributed by atoms with van der Waals surface area (Å²) >= 11 is 5.93. The maximum absolute atomic E-state index is 12.1. The van der Waals surface area contributed by atoms with Crippen LogP contribution in [0.25, 0.3) is 5.69 Å². The third kappa shape index (κ3) is 5.23. The molecule has 2 aromatic heterocycles. The summed E-state index contributed by atoms with van der Waals surface area (Å²) in [7, 11) is 3.16. The normalized spacial score (nSPS) is 16.7. The lowest BCUT2D eigenvalue weighted by molar-refractivity contribution is -0.119. The van der Waals surface area contributed by atoms with Gasteiger partial charge < -0.3 is 29.6 Å². The van der Waals surface area contributed by atoms with Gasteiger partial charge in [0.25, 0.3) is 0 Å². The van der Waals surface area contributed by atoms with Gasteiger partial charge in [-0.15, -0.1) is 0 Å². The van der Waals surface area contributed by atoms with Gasteiger partial charge in [-0.1, -0.05) is 6.07 Å². The summed E-state index contributed by atoms with van der Waals surface area (Å²) < 4.78 is 12.6. The highest BCUT2D eigenvalue weighted by molar-refractivity contribution is 7.80. The highest BCUT2D eigenvalue weighted by Crippen LogP contribution is 2.43. The van der Waals surface area contributed by atoms with Gasteiger partial charge in [-0.05, 0) is 98.4 Å². The topological polar surface area (TPSA) is 80.7 Å². The molecule has 0 spiro atoms. The van der Waals surface area contributed by atoms with Gasteiger partial charge in [-0.3, -0.25) is 9.78 Å². The first kappa shape index (κ1) is 26.4. The van der Waals surface area contributed by atoms with Crippen LogP contribution in [-0.2, 0) is 9.53 Å². The van der Waals surface area contributed by atoms with Crippen LogP contribution < -0.4 is 20.3 Å². The fraction of sp³-hybridized carbons (Fsp3) is 0.233. The SMILES string of the molecule is COCC(=O)Nc1ccc(N2C(=S)N[C@@H](c3ccccn3)[C@H]2c2ccc(C)n2-c2ccc(OC)cc2)cc1C. The van der Waals surface area contributed by atoms with Crippen molar-refractivity contribution in [3.05, 3.63) is 102 Å². The molecule has 0 radical (unpaired) electrons. The molecule has 1 aliphatic rings. The number of benzene rings is 2. The predicted octanol–water partition coefficient (Wildman–Crippen LogP) is 5.26. The van der Waals surface area contributed by atoms with E-state index in [0.29, 0.717) is 5.11 Å². The third-order valence-corrected chi connectivity index (χ3v) is 7.19. The molecule has 9 heteroatoms. The minimum absolute atomic E-state index is 0.00312. The van der Waals surface area contributed by atoms with Gasteiger partial charge in [0.2, 0.25) is 5.91 Å². The summed E-state index contributed by atoms with van der Waals surface area (Å²) in [5.74, 6) is 0.600. The number of methoxy groups -OCH3 is 2. The average molecular weight is 542 g/mol. The molecular weight excluding hydrogens is 510 g/mol. The number of amides is 1. The van der Waals surface area contributed by atoms with Crippen molar-refractivity contribution in [2.24, 2.45) is 0 Å². The van der Waals surface area contributed by atoms with Gasteiger partial charge in [-0.2, -0.15) is 0 Å². The number of nitrogens with one attached hydrogen (secondary N) is 2. The number of carbonyl (C=O) groups excluding carboxylic acids is 1. The second kappa shape index (κ2) is 11.3. The summed E-state index contributed by atoms with van der Waals surface area (Å²) in [6.07, 6.45) is 1.80. The number of thiocarbonyl (C=S) groups is 1. The van der Waals surface area contributed by atoms with E-state index in [1.54, 1.807) is 13.3 Å². The van der Waals surface area contributed by atoms with Crippen LogP contribution in [0, 0.1) is 13.8 Å². The van der Waals surface area contributed by atoms with Crippen molar-refractivity contribution in [3.63, 3.8) is 0 Å². The molecule has 3 heterocycles. The Labute approximate surface area is 233 Å². The largest absolute Gasteiger partial charge is 0.497 e. The number of aromatic nitrogens is 2. The van der Waals surface area contributed by atoms with Crippen molar-refractivity contribution in [1.82, 2.24) is 14.9 Å². The highest BCUT2D eigenvalue weighted by Gasteiger charge is 2.42. The van der Waals surface area contributed by atoms with Gasteiger partial charge in [0.05, 0.1) is 18.8 Å². The minimum Gasteiger partial charge on any atom is -0.497 e. The molecule has 8 nitrogen and oxygen atoms in total. The van der Waals surface area contributed by atoms with Gasteiger partial charge in [-0.25, -0.2) is 0 Å². The Kier molecular flexibility index (Phi) is 7.63. The molecule has 0 saturated carbocycles. The van der Waals surface area contributed by atoms with E-state index in [1.807, 2.05) is 55.5 Å². The lowest BCUT2D eigenvalue weighted by atomic mass is 10.00. The van der Waals surface area contributed by atoms with Gasteiger partial charge in [0.1, 0.15) is 18.4 Å². The van der Waals surface area contributed by atoms with Crippen LogP contribution in [0.1, 0.15) is 34.7 Å². The summed E-state index contributed by atoms with van der Waals surface area (Å²) in [6.45, 7) is 4.06. The summed E-state index contributed by atoms with van der Waals surface area (Å²) in [5.41, 5.74) is 6.65. The zero-order valence-corrected chi connectivity index (χ0v) is 23.2. The van der Waals surface area contributed by atoms with Gasteiger partial charge >= 0.3 is 0 Å². The molecule has 1 fully saturated rings. The molecule has 1 saturated heterocycles. The standard InChI is InChI=1S/C30H31N5O3S/c1-19-17-22(11-14-24(19)32-27(36)18-37-3)35-29(28(33-30(35)39)25-7-5-6-16-31-25)26-15-8-20(2)34(26)21-9-12-23(38-4)13-10-21/h5-17,28-29H,18H2,1-4H3,(H,32,36)(H,33,39)/t28-,29+/m0/s1. The van der Waals surface area contributed by atoms with E-state index in [1.165, 1.54) is 7.11 Å². The number of anilines is 2. The van der Waals surface area contributed by atoms with Crippen LogP contribution in [0.4, 0.5) is 11.4 Å². The second-order valence-electron chi connectivity index (χ2n) is 9.41. The third-order valence-electron chi connectivity index (χ3n) is 6.88. The zero-order valence-electron chi connectivity index (χ0n) is 22.3. The maximum Gasteiger partial charge on any atom is 0.250 e. The van der Waals surface area contributed by atoms with E-state index >= 15 is 0 Å². The number of hydrogen-bond donors (Lipinski definition) is 2. The van der Waals surface area contributed by atoms with E-state index in [4.69, 9.17) is 21.7 Å². The van der Waals surface area contributed by atoms with E-state index < -0.39 is 0 Å². The molecule has 2 atom stereocenters. The Morgan fingerprint density at radius 3 is 2.46 bits per heavy atom.